The summed E-state index contributed by atoms with van der Waals surface area (Å²) in [5.41, 5.74) is 1.10. The van der Waals surface area contributed by atoms with E-state index in [1.165, 1.54) is 44.9 Å². The van der Waals surface area contributed by atoms with E-state index < -0.39 is 0 Å². The Kier molecular flexibility index (Phi) is 3.63. The van der Waals surface area contributed by atoms with Gasteiger partial charge in [-0.2, -0.15) is 0 Å². The molecule has 0 spiro atoms. The van der Waals surface area contributed by atoms with Crippen LogP contribution in [0.25, 0.3) is 0 Å². The molecule has 100 valence electrons. The molecular weight excluding hydrogens is 204 g/mol. The lowest BCUT2D eigenvalue weighted by molar-refractivity contribution is -0.111. The first kappa shape index (κ1) is 13.4. The van der Waals surface area contributed by atoms with Crippen LogP contribution in [-0.2, 0) is 0 Å². The number of hydrogen-bond donors (Lipinski definition) is 0. The first-order valence-corrected chi connectivity index (χ1v) is 7.90. The third-order valence-electron chi connectivity index (χ3n) is 7.13. The fourth-order valence-electron chi connectivity index (χ4n) is 4.96. The third kappa shape index (κ3) is 1.96. The average molecular weight is 236 g/mol. The summed E-state index contributed by atoms with van der Waals surface area (Å²) < 4.78 is 0. The van der Waals surface area contributed by atoms with Gasteiger partial charge in [-0.05, 0) is 54.3 Å². The van der Waals surface area contributed by atoms with E-state index in [9.17, 15) is 0 Å². The molecule has 2 rings (SSSR count). The zero-order valence-electron chi connectivity index (χ0n) is 12.7. The lowest BCUT2D eigenvalue weighted by Gasteiger charge is -2.60. The predicted octanol–water partition coefficient (Wildman–Crippen LogP) is 5.67. The van der Waals surface area contributed by atoms with Crippen LogP contribution in [0.5, 0.6) is 0 Å². The Balaban J connectivity index is 2.28. The molecule has 2 aliphatic rings. The lowest BCUT2D eigenvalue weighted by atomic mass is 9.45. The molecule has 0 heterocycles. The highest BCUT2D eigenvalue weighted by atomic mass is 14.6. The van der Waals surface area contributed by atoms with Crippen molar-refractivity contribution in [1.29, 1.82) is 0 Å². The van der Waals surface area contributed by atoms with Crippen molar-refractivity contribution < 1.29 is 0 Å². The van der Waals surface area contributed by atoms with Crippen LogP contribution in [0.4, 0.5) is 0 Å². The summed E-state index contributed by atoms with van der Waals surface area (Å²) in [6.45, 7) is 12.8. The van der Waals surface area contributed by atoms with Gasteiger partial charge in [0.05, 0.1) is 0 Å². The van der Waals surface area contributed by atoms with Crippen LogP contribution < -0.4 is 0 Å². The maximum Gasteiger partial charge on any atom is -0.0218 e. The largest absolute Gasteiger partial charge is 0.0620 e. The van der Waals surface area contributed by atoms with Gasteiger partial charge in [0.25, 0.3) is 0 Å². The highest BCUT2D eigenvalue weighted by Gasteiger charge is 2.54. The molecule has 3 unspecified atom stereocenters. The second-order valence-electron chi connectivity index (χ2n) is 7.72. The van der Waals surface area contributed by atoms with Crippen molar-refractivity contribution in [2.24, 2.45) is 28.6 Å². The molecule has 0 amide bonds. The van der Waals surface area contributed by atoms with Gasteiger partial charge in [-0.15, -0.1) is 0 Å². The van der Waals surface area contributed by atoms with Gasteiger partial charge in [-0.25, -0.2) is 0 Å². The van der Waals surface area contributed by atoms with Crippen LogP contribution in [0.2, 0.25) is 0 Å². The molecule has 2 aliphatic carbocycles. The fourth-order valence-corrected chi connectivity index (χ4v) is 4.96. The molecule has 0 aromatic rings. The van der Waals surface area contributed by atoms with Crippen LogP contribution >= 0.6 is 0 Å². The average Bonchev–Trinajstić information content (AvgIpc) is 2.33. The summed E-state index contributed by atoms with van der Waals surface area (Å²) in [6, 6.07) is 0. The minimum absolute atomic E-state index is 0.521. The summed E-state index contributed by atoms with van der Waals surface area (Å²) in [6.07, 6.45) is 10.3. The SMILES string of the molecule is CC1CCC(C)C(C)(C2CCCCC2)C1(C)C. The smallest absolute Gasteiger partial charge is 0.0218 e. The zero-order chi connectivity index (χ0) is 12.7. The molecule has 0 aromatic heterocycles. The highest BCUT2D eigenvalue weighted by molar-refractivity contribution is 5.03. The maximum atomic E-state index is 2.63. The first-order chi connectivity index (χ1) is 7.90. The molecule has 17 heavy (non-hydrogen) atoms. The predicted molar refractivity (Wildman–Crippen MR) is 76.0 cm³/mol. The second-order valence-corrected chi connectivity index (χ2v) is 7.72. The molecular formula is C17H32. The summed E-state index contributed by atoms with van der Waals surface area (Å²) in [4.78, 5) is 0. The van der Waals surface area contributed by atoms with Gasteiger partial charge < -0.3 is 0 Å². The summed E-state index contributed by atoms with van der Waals surface area (Å²) >= 11 is 0. The molecule has 0 heteroatoms. The van der Waals surface area contributed by atoms with Crippen molar-refractivity contribution in [2.45, 2.75) is 79.6 Å². The van der Waals surface area contributed by atoms with E-state index in [4.69, 9.17) is 0 Å². The van der Waals surface area contributed by atoms with E-state index in [1.807, 2.05) is 0 Å². The van der Waals surface area contributed by atoms with Gasteiger partial charge in [-0.3, -0.25) is 0 Å². The van der Waals surface area contributed by atoms with Gasteiger partial charge in [-0.1, -0.05) is 53.9 Å². The standard InChI is InChI=1S/C17H32/c1-13-11-12-14(2)17(5,16(13,3)4)15-9-7-6-8-10-15/h13-15H,6-12H2,1-5H3. The molecule has 2 fully saturated rings. The molecule has 0 bridgehead atoms. The van der Waals surface area contributed by atoms with Crippen LogP contribution in [0.3, 0.4) is 0 Å². The molecule has 2 saturated carbocycles. The normalized spacial score (nSPS) is 43.6. The summed E-state index contributed by atoms with van der Waals surface area (Å²) in [7, 11) is 0. The van der Waals surface area contributed by atoms with Crippen molar-refractivity contribution in [3.63, 3.8) is 0 Å². The first-order valence-electron chi connectivity index (χ1n) is 7.90. The minimum atomic E-state index is 0.521. The third-order valence-corrected chi connectivity index (χ3v) is 7.13. The van der Waals surface area contributed by atoms with E-state index in [0.717, 1.165) is 17.8 Å². The van der Waals surface area contributed by atoms with Crippen LogP contribution in [0.15, 0.2) is 0 Å². The van der Waals surface area contributed by atoms with Crippen LogP contribution in [0, 0.1) is 28.6 Å². The van der Waals surface area contributed by atoms with E-state index in [-0.39, 0.29) is 0 Å². The number of hydrogen-bond acceptors (Lipinski definition) is 0. The van der Waals surface area contributed by atoms with Crippen molar-refractivity contribution >= 4 is 0 Å². The van der Waals surface area contributed by atoms with Crippen molar-refractivity contribution in [3.8, 4) is 0 Å². The highest BCUT2D eigenvalue weighted by Crippen LogP contribution is 2.61. The van der Waals surface area contributed by atoms with Crippen LogP contribution in [0.1, 0.15) is 79.6 Å². The Morgan fingerprint density at radius 1 is 0.706 bits per heavy atom. The molecule has 0 radical (unpaired) electrons. The molecule has 0 nitrogen and oxygen atoms in total. The lowest BCUT2D eigenvalue weighted by Crippen LogP contribution is -2.52. The van der Waals surface area contributed by atoms with Crippen molar-refractivity contribution in [2.75, 3.05) is 0 Å². The molecule has 0 aliphatic heterocycles. The molecule has 0 saturated heterocycles. The fraction of sp³-hybridized carbons (Fsp3) is 1.00. The Morgan fingerprint density at radius 2 is 1.24 bits per heavy atom. The van der Waals surface area contributed by atoms with E-state index in [0.29, 0.717) is 10.8 Å². The van der Waals surface area contributed by atoms with Crippen molar-refractivity contribution in [1.82, 2.24) is 0 Å². The summed E-state index contributed by atoms with van der Waals surface area (Å²) in [5, 5.41) is 0. The quantitative estimate of drug-likeness (QED) is 0.550. The topological polar surface area (TPSA) is 0 Å². The summed E-state index contributed by atoms with van der Waals surface area (Å²) in [5.74, 6) is 2.80. The van der Waals surface area contributed by atoms with Gasteiger partial charge >= 0.3 is 0 Å². The Morgan fingerprint density at radius 3 is 1.82 bits per heavy atom. The Hall–Kier alpha value is 0. The molecule has 0 aromatic carbocycles. The Labute approximate surface area is 109 Å². The number of rotatable bonds is 1. The van der Waals surface area contributed by atoms with E-state index >= 15 is 0 Å². The zero-order valence-corrected chi connectivity index (χ0v) is 12.7. The molecule has 3 atom stereocenters. The molecule has 0 N–H and O–H groups in total. The van der Waals surface area contributed by atoms with Crippen molar-refractivity contribution in [3.05, 3.63) is 0 Å². The van der Waals surface area contributed by atoms with E-state index in [2.05, 4.69) is 34.6 Å². The van der Waals surface area contributed by atoms with Gasteiger partial charge in [0, 0.05) is 0 Å². The Bertz CT molecular complexity index is 259. The second kappa shape index (κ2) is 4.59. The maximum absolute atomic E-state index is 2.63. The van der Waals surface area contributed by atoms with Crippen LogP contribution in [-0.4, -0.2) is 0 Å². The minimum Gasteiger partial charge on any atom is -0.0620 e. The van der Waals surface area contributed by atoms with Gasteiger partial charge in [0.15, 0.2) is 0 Å². The van der Waals surface area contributed by atoms with Gasteiger partial charge in [0.2, 0.25) is 0 Å². The monoisotopic (exact) mass is 236 g/mol. The van der Waals surface area contributed by atoms with Gasteiger partial charge in [0.1, 0.15) is 0 Å². The van der Waals surface area contributed by atoms with E-state index in [1.54, 1.807) is 0 Å².